The van der Waals surface area contributed by atoms with Gasteiger partial charge in [0.1, 0.15) is 5.75 Å². The molecule has 0 aliphatic heterocycles. The Morgan fingerprint density at radius 2 is 1.88 bits per heavy atom. The zero-order chi connectivity index (χ0) is 16.4. The number of nitrogens with zero attached hydrogens (tertiary/aromatic N) is 4. The molecule has 0 spiro atoms. The third kappa shape index (κ3) is 2.65. The molecule has 0 aliphatic carbocycles. The van der Waals surface area contributed by atoms with Crippen LogP contribution in [-0.2, 0) is 0 Å². The van der Waals surface area contributed by atoms with E-state index in [9.17, 15) is 0 Å². The summed E-state index contributed by atoms with van der Waals surface area (Å²) in [5.74, 6) is 1.35. The molecule has 0 fully saturated rings. The topological polar surface area (TPSA) is 64.3 Å². The molecule has 0 aliphatic rings. The molecule has 6 heteroatoms. The molecule has 4 aromatic rings. The molecule has 0 atom stereocenters. The van der Waals surface area contributed by atoms with Crippen molar-refractivity contribution in [3.8, 4) is 17.0 Å². The van der Waals surface area contributed by atoms with E-state index in [0.717, 1.165) is 28.3 Å². The highest BCUT2D eigenvalue weighted by atomic mass is 16.5. The van der Waals surface area contributed by atoms with Crippen LogP contribution in [0.25, 0.3) is 16.9 Å². The highest BCUT2D eigenvalue weighted by Crippen LogP contribution is 2.22. The van der Waals surface area contributed by atoms with E-state index in [4.69, 9.17) is 4.74 Å². The van der Waals surface area contributed by atoms with Gasteiger partial charge in [0.15, 0.2) is 5.65 Å². The first-order chi connectivity index (χ1) is 11.8. The van der Waals surface area contributed by atoms with Gasteiger partial charge in [-0.3, -0.25) is 4.98 Å². The van der Waals surface area contributed by atoms with Crippen LogP contribution >= 0.6 is 0 Å². The molecule has 0 saturated carbocycles. The molecule has 0 saturated heterocycles. The van der Waals surface area contributed by atoms with Gasteiger partial charge in [-0.1, -0.05) is 6.07 Å². The fourth-order valence-corrected chi connectivity index (χ4v) is 2.49. The van der Waals surface area contributed by atoms with Gasteiger partial charge in [-0.25, -0.2) is 4.52 Å². The quantitative estimate of drug-likeness (QED) is 0.623. The van der Waals surface area contributed by atoms with Crippen LogP contribution in [-0.4, -0.2) is 26.7 Å². The van der Waals surface area contributed by atoms with Gasteiger partial charge in [-0.15, -0.1) is 5.10 Å². The summed E-state index contributed by atoms with van der Waals surface area (Å²) in [6.07, 6.45) is 3.56. The first kappa shape index (κ1) is 14.2. The number of nitrogens with one attached hydrogen (secondary N) is 1. The lowest BCUT2D eigenvalue weighted by Crippen LogP contribution is -1.96. The highest BCUT2D eigenvalue weighted by Gasteiger charge is 2.09. The van der Waals surface area contributed by atoms with Crippen molar-refractivity contribution in [1.29, 1.82) is 0 Å². The normalized spacial score (nSPS) is 10.7. The van der Waals surface area contributed by atoms with Gasteiger partial charge in [0.2, 0.25) is 5.95 Å². The molecule has 0 bridgehead atoms. The van der Waals surface area contributed by atoms with Crippen molar-refractivity contribution in [2.45, 2.75) is 0 Å². The average Bonchev–Trinajstić information content (AvgIpc) is 3.05. The summed E-state index contributed by atoms with van der Waals surface area (Å²) in [5, 5.41) is 7.77. The summed E-state index contributed by atoms with van der Waals surface area (Å²) in [6.45, 7) is 0. The maximum Gasteiger partial charge on any atom is 0.247 e. The maximum atomic E-state index is 5.16. The van der Waals surface area contributed by atoms with E-state index in [0.29, 0.717) is 5.95 Å². The largest absolute Gasteiger partial charge is 0.497 e. The van der Waals surface area contributed by atoms with E-state index in [1.807, 2.05) is 65.3 Å². The Balaban J connectivity index is 1.70. The van der Waals surface area contributed by atoms with Crippen molar-refractivity contribution < 1.29 is 4.74 Å². The van der Waals surface area contributed by atoms with Crippen molar-refractivity contribution >= 4 is 17.3 Å². The van der Waals surface area contributed by atoms with Gasteiger partial charge in [0.05, 0.1) is 12.8 Å². The number of ether oxygens (including phenoxy) is 1. The SMILES string of the molecule is COc1ccc(Nc2nc3cccc(-c4cccnc4)n3n2)cc1. The minimum Gasteiger partial charge on any atom is -0.497 e. The summed E-state index contributed by atoms with van der Waals surface area (Å²) < 4.78 is 6.97. The third-order valence-electron chi connectivity index (χ3n) is 3.66. The van der Waals surface area contributed by atoms with E-state index in [2.05, 4.69) is 20.4 Å². The molecular weight excluding hydrogens is 302 g/mol. The second-order valence-electron chi connectivity index (χ2n) is 5.21. The van der Waals surface area contributed by atoms with Crippen molar-refractivity contribution in [2.75, 3.05) is 12.4 Å². The van der Waals surface area contributed by atoms with Crippen LogP contribution in [0.15, 0.2) is 67.0 Å². The minimum absolute atomic E-state index is 0.538. The smallest absolute Gasteiger partial charge is 0.247 e. The molecule has 24 heavy (non-hydrogen) atoms. The third-order valence-corrected chi connectivity index (χ3v) is 3.66. The molecule has 0 unspecified atom stereocenters. The zero-order valence-electron chi connectivity index (χ0n) is 13.0. The first-order valence-electron chi connectivity index (χ1n) is 7.51. The number of fused-ring (bicyclic) bond motifs is 1. The molecule has 0 radical (unpaired) electrons. The van der Waals surface area contributed by atoms with Crippen LogP contribution < -0.4 is 10.1 Å². The van der Waals surface area contributed by atoms with Crippen molar-refractivity contribution in [1.82, 2.24) is 19.6 Å². The maximum absolute atomic E-state index is 5.16. The first-order valence-corrected chi connectivity index (χ1v) is 7.51. The van der Waals surface area contributed by atoms with E-state index >= 15 is 0 Å². The van der Waals surface area contributed by atoms with E-state index in [-0.39, 0.29) is 0 Å². The number of aromatic nitrogens is 4. The number of pyridine rings is 2. The van der Waals surface area contributed by atoms with Crippen molar-refractivity contribution in [3.63, 3.8) is 0 Å². The standard InChI is InChI=1S/C18H15N5O/c1-24-15-9-7-14(8-10-15)20-18-21-17-6-2-5-16(23(17)22-18)13-4-3-11-19-12-13/h2-12H,1H3,(H,20,22). The fourth-order valence-electron chi connectivity index (χ4n) is 2.49. The van der Waals surface area contributed by atoms with Gasteiger partial charge in [0, 0.05) is 23.6 Å². The number of hydrogen-bond acceptors (Lipinski definition) is 5. The fraction of sp³-hybridized carbons (Fsp3) is 0.0556. The van der Waals surface area contributed by atoms with Gasteiger partial charge < -0.3 is 10.1 Å². The van der Waals surface area contributed by atoms with Gasteiger partial charge in [-0.05, 0) is 48.5 Å². The molecule has 1 aromatic carbocycles. The van der Waals surface area contributed by atoms with Crippen molar-refractivity contribution in [3.05, 3.63) is 67.0 Å². The number of rotatable bonds is 4. The summed E-state index contributed by atoms with van der Waals surface area (Å²) in [7, 11) is 1.64. The van der Waals surface area contributed by atoms with E-state index in [1.165, 1.54) is 0 Å². The summed E-state index contributed by atoms with van der Waals surface area (Å²) in [4.78, 5) is 8.70. The molecule has 4 rings (SSSR count). The lowest BCUT2D eigenvalue weighted by atomic mass is 10.2. The number of benzene rings is 1. The molecule has 0 amide bonds. The van der Waals surface area contributed by atoms with Crippen LogP contribution in [0.5, 0.6) is 5.75 Å². The molecular formula is C18H15N5O. The number of hydrogen-bond donors (Lipinski definition) is 1. The highest BCUT2D eigenvalue weighted by molar-refractivity contribution is 5.64. The lowest BCUT2D eigenvalue weighted by Gasteiger charge is -2.03. The second-order valence-corrected chi connectivity index (χ2v) is 5.21. The van der Waals surface area contributed by atoms with E-state index in [1.54, 1.807) is 13.3 Å². The van der Waals surface area contributed by atoms with Crippen LogP contribution in [0.4, 0.5) is 11.6 Å². The van der Waals surface area contributed by atoms with Gasteiger partial charge in [-0.2, -0.15) is 4.98 Å². The summed E-state index contributed by atoms with van der Waals surface area (Å²) >= 11 is 0. The lowest BCUT2D eigenvalue weighted by molar-refractivity contribution is 0.415. The van der Waals surface area contributed by atoms with Crippen LogP contribution in [0.1, 0.15) is 0 Å². The minimum atomic E-state index is 0.538. The molecule has 118 valence electrons. The van der Waals surface area contributed by atoms with Crippen LogP contribution in [0.3, 0.4) is 0 Å². The summed E-state index contributed by atoms with van der Waals surface area (Å²) in [6, 6.07) is 17.4. The zero-order valence-corrected chi connectivity index (χ0v) is 13.0. The monoisotopic (exact) mass is 317 g/mol. The summed E-state index contributed by atoms with van der Waals surface area (Å²) in [5.41, 5.74) is 3.60. The second kappa shape index (κ2) is 6.00. The Bertz CT molecular complexity index is 964. The molecule has 3 heterocycles. The van der Waals surface area contributed by atoms with Crippen molar-refractivity contribution in [2.24, 2.45) is 0 Å². The van der Waals surface area contributed by atoms with Crippen LogP contribution in [0, 0.1) is 0 Å². The molecule has 6 nitrogen and oxygen atoms in total. The average molecular weight is 317 g/mol. The molecule has 3 aromatic heterocycles. The van der Waals surface area contributed by atoms with Gasteiger partial charge >= 0.3 is 0 Å². The Labute approximate surface area is 138 Å². The predicted molar refractivity (Wildman–Crippen MR) is 92.5 cm³/mol. The Hall–Kier alpha value is -3.41. The number of methoxy groups -OCH3 is 1. The van der Waals surface area contributed by atoms with E-state index < -0.39 is 0 Å². The van der Waals surface area contributed by atoms with Gasteiger partial charge in [0.25, 0.3) is 0 Å². The Morgan fingerprint density at radius 3 is 2.62 bits per heavy atom. The molecule has 1 N–H and O–H groups in total. The Kier molecular flexibility index (Phi) is 3.55. The number of anilines is 2. The predicted octanol–water partition coefficient (Wildman–Crippen LogP) is 3.54. The van der Waals surface area contributed by atoms with Crippen LogP contribution in [0.2, 0.25) is 0 Å². The Morgan fingerprint density at radius 1 is 1.00 bits per heavy atom.